The van der Waals surface area contributed by atoms with Gasteiger partial charge in [-0.05, 0) is 37.5 Å². The van der Waals surface area contributed by atoms with Crippen molar-refractivity contribution < 1.29 is 24.5 Å². The molecule has 120 valence electrons. The van der Waals surface area contributed by atoms with E-state index in [2.05, 4.69) is 5.32 Å². The molecule has 0 spiro atoms. The van der Waals surface area contributed by atoms with Crippen molar-refractivity contribution in [3.8, 4) is 5.75 Å². The van der Waals surface area contributed by atoms with Gasteiger partial charge in [0.25, 0.3) is 5.91 Å². The fourth-order valence-electron chi connectivity index (χ4n) is 2.61. The Morgan fingerprint density at radius 2 is 2.05 bits per heavy atom. The van der Waals surface area contributed by atoms with E-state index >= 15 is 0 Å². The van der Waals surface area contributed by atoms with Crippen LogP contribution in [0.2, 0.25) is 0 Å². The number of hydrogen-bond donors (Lipinski definition) is 3. The highest BCUT2D eigenvalue weighted by Crippen LogP contribution is 2.24. The van der Waals surface area contributed by atoms with Crippen LogP contribution >= 0.6 is 0 Å². The highest BCUT2D eigenvalue weighted by molar-refractivity contribution is 5.97. The van der Waals surface area contributed by atoms with Crippen LogP contribution in [0.25, 0.3) is 0 Å². The van der Waals surface area contributed by atoms with Crippen LogP contribution in [0.3, 0.4) is 0 Å². The first kappa shape index (κ1) is 16.3. The van der Waals surface area contributed by atoms with Gasteiger partial charge in [-0.25, -0.2) is 4.79 Å². The van der Waals surface area contributed by atoms with Crippen molar-refractivity contribution in [1.82, 2.24) is 0 Å². The van der Waals surface area contributed by atoms with Crippen LogP contribution in [-0.2, 0) is 9.53 Å². The third-order valence-electron chi connectivity index (χ3n) is 3.82. The van der Waals surface area contributed by atoms with Gasteiger partial charge in [-0.3, -0.25) is 4.79 Å². The molecule has 1 atom stereocenters. The summed E-state index contributed by atoms with van der Waals surface area (Å²) in [4.78, 5) is 23.2. The molecule has 1 saturated carbocycles. The topological polar surface area (TPSA) is 95.9 Å². The zero-order chi connectivity index (χ0) is 16.1. The number of carbonyl (C=O) groups is 2. The van der Waals surface area contributed by atoms with Gasteiger partial charge in [-0.1, -0.05) is 19.8 Å². The molecule has 0 bridgehead atoms. The molecular weight excluding hydrogens is 286 g/mol. The maximum absolute atomic E-state index is 12.3. The molecule has 1 aromatic rings. The van der Waals surface area contributed by atoms with Crippen LogP contribution in [0.4, 0.5) is 5.69 Å². The van der Waals surface area contributed by atoms with E-state index < -0.39 is 12.1 Å². The fraction of sp³-hybridized carbons (Fsp3) is 0.500. The van der Waals surface area contributed by atoms with Gasteiger partial charge in [0.15, 0.2) is 0 Å². The molecule has 22 heavy (non-hydrogen) atoms. The second kappa shape index (κ2) is 7.26. The van der Waals surface area contributed by atoms with Gasteiger partial charge in [0.2, 0.25) is 0 Å². The zero-order valence-electron chi connectivity index (χ0n) is 12.5. The van der Waals surface area contributed by atoms with Crippen molar-refractivity contribution in [2.75, 3.05) is 5.32 Å². The van der Waals surface area contributed by atoms with E-state index in [1.165, 1.54) is 18.2 Å². The monoisotopic (exact) mass is 307 g/mol. The zero-order valence-corrected chi connectivity index (χ0v) is 12.5. The summed E-state index contributed by atoms with van der Waals surface area (Å²) in [7, 11) is 0. The summed E-state index contributed by atoms with van der Waals surface area (Å²) in [6.45, 7) is 1.87. The average Bonchev–Trinajstić information content (AvgIpc) is 2.99. The van der Waals surface area contributed by atoms with Gasteiger partial charge in [-0.2, -0.15) is 0 Å². The number of carboxylic acids is 1. The molecule has 2 rings (SSSR count). The number of benzene rings is 1. The van der Waals surface area contributed by atoms with Crippen molar-refractivity contribution in [1.29, 1.82) is 0 Å². The first-order chi connectivity index (χ1) is 10.5. The Morgan fingerprint density at radius 3 is 2.64 bits per heavy atom. The predicted octanol–water partition coefficient (Wildman–Crippen LogP) is 2.77. The van der Waals surface area contributed by atoms with E-state index in [1.54, 1.807) is 0 Å². The second-order valence-corrected chi connectivity index (χ2v) is 5.47. The molecule has 0 radical (unpaired) electrons. The molecule has 0 aromatic heterocycles. The summed E-state index contributed by atoms with van der Waals surface area (Å²) in [6.07, 6.45) is 4.34. The number of carboxylic acid groups (broad SMARTS) is 1. The first-order valence-corrected chi connectivity index (χ1v) is 7.54. The van der Waals surface area contributed by atoms with Crippen molar-refractivity contribution in [2.45, 2.75) is 51.2 Å². The minimum absolute atomic E-state index is 0.130. The smallest absolute Gasteiger partial charge is 0.339 e. The molecule has 1 aliphatic carbocycles. The van der Waals surface area contributed by atoms with Crippen LogP contribution in [0.1, 0.15) is 49.4 Å². The van der Waals surface area contributed by atoms with Gasteiger partial charge < -0.3 is 20.3 Å². The Morgan fingerprint density at radius 1 is 1.36 bits per heavy atom. The van der Waals surface area contributed by atoms with Crippen molar-refractivity contribution in [2.24, 2.45) is 0 Å². The standard InChI is InChI=1S/C16H21NO5/c1-2-14(22-11-5-3-4-6-11)15(19)17-10-7-8-13(18)12(9-10)16(20)21/h7-9,11,14,18H,2-6H2,1H3,(H,17,19)(H,20,21). The molecule has 1 fully saturated rings. The Hall–Kier alpha value is -2.08. The lowest BCUT2D eigenvalue weighted by molar-refractivity contribution is -0.131. The molecule has 6 nitrogen and oxygen atoms in total. The first-order valence-electron chi connectivity index (χ1n) is 7.54. The van der Waals surface area contributed by atoms with Gasteiger partial charge in [0, 0.05) is 5.69 Å². The lowest BCUT2D eigenvalue weighted by atomic mass is 10.1. The number of rotatable bonds is 6. The van der Waals surface area contributed by atoms with E-state index in [-0.39, 0.29) is 23.3 Å². The fourth-order valence-corrected chi connectivity index (χ4v) is 2.61. The minimum atomic E-state index is -1.25. The van der Waals surface area contributed by atoms with Gasteiger partial charge >= 0.3 is 5.97 Å². The van der Waals surface area contributed by atoms with E-state index in [0.29, 0.717) is 12.1 Å². The predicted molar refractivity (Wildman–Crippen MR) is 81.1 cm³/mol. The molecule has 1 aliphatic rings. The van der Waals surface area contributed by atoms with Gasteiger partial charge in [-0.15, -0.1) is 0 Å². The Balaban J connectivity index is 2.03. The molecular formula is C16H21NO5. The summed E-state index contributed by atoms with van der Waals surface area (Å²) in [6, 6.07) is 3.94. The molecule has 1 amide bonds. The number of ether oxygens (including phenoxy) is 1. The lowest BCUT2D eigenvalue weighted by Gasteiger charge is -2.20. The number of aromatic hydroxyl groups is 1. The number of nitrogens with one attached hydrogen (secondary N) is 1. The average molecular weight is 307 g/mol. The maximum atomic E-state index is 12.3. The third kappa shape index (κ3) is 3.98. The normalized spacial score (nSPS) is 16.4. The van der Waals surface area contributed by atoms with Gasteiger partial charge in [0.05, 0.1) is 6.10 Å². The van der Waals surface area contributed by atoms with E-state index in [1.807, 2.05) is 6.92 Å². The molecule has 0 saturated heterocycles. The molecule has 0 heterocycles. The van der Waals surface area contributed by atoms with Crippen LogP contribution < -0.4 is 5.32 Å². The summed E-state index contributed by atoms with van der Waals surface area (Å²) in [5, 5.41) is 21.1. The number of carbonyl (C=O) groups excluding carboxylic acids is 1. The SMILES string of the molecule is CCC(OC1CCCC1)C(=O)Nc1ccc(O)c(C(=O)O)c1. The molecule has 1 unspecified atom stereocenters. The summed E-state index contributed by atoms with van der Waals surface area (Å²) >= 11 is 0. The maximum Gasteiger partial charge on any atom is 0.339 e. The number of aromatic carboxylic acids is 1. The van der Waals surface area contributed by atoms with E-state index in [9.17, 15) is 14.7 Å². The molecule has 6 heteroatoms. The Labute approximate surface area is 129 Å². The highest BCUT2D eigenvalue weighted by Gasteiger charge is 2.24. The lowest BCUT2D eigenvalue weighted by Crippen LogP contribution is -2.32. The molecule has 0 aliphatic heterocycles. The van der Waals surface area contributed by atoms with Gasteiger partial charge in [0.1, 0.15) is 17.4 Å². The van der Waals surface area contributed by atoms with Crippen LogP contribution in [0.5, 0.6) is 5.75 Å². The number of anilines is 1. The quantitative estimate of drug-likeness (QED) is 0.702. The van der Waals surface area contributed by atoms with Crippen molar-refractivity contribution in [3.05, 3.63) is 23.8 Å². The van der Waals surface area contributed by atoms with Crippen LogP contribution in [0.15, 0.2) is 18.2 Å². The third-order valence-corrected chi connectivity index (χ3v) is 3.82. The highest BCUT2D eigenvalue weighted by atomic mass is 16.5. The van der Waals surface area contributed by atoms with Crippen molar-refractivity contribution >= 4 is 17.6 Å². The minimum Gasteiger partial charge on any atom is -0.507 e. The van der Waals surface area contributed by atoms with Crippen LogP contribution in [0, 0.1) is 0 Å². The Kier molecular flexibility index (Phi) is 5.38. The number of phenols is 1. The summed E-state index contributed by atoms with van der Waals surface area (Å²) in [5.74, 6) is -1.88. The van der Waals surface area contributed by atoms with Crippen molar-refractivity contribution in [3.63, 3.8) is 0 Å². The Bertz CT molecular complexity index is 551. The summed E-state index contributed by atoms with van der Waals surface area (Å²) in [5.41, 5.74) is 0.0798. The molecule has 1 aromatic carbocycles. The largest absolute Gasteiger partial charge is 0.507 e. The molecule has 3 N–H and O–H groups in total. The number of hydrogen-bond acceptors (Lipinski definition) is 4. The van der Waals surface area contributed by atoms with E-state index in [4.69, 9.17) is 9.84 Å². The van der Waals surface area contributed by atoms with E-state index in [0.717, 1.165) is 25.7 Å². The second-order valence-electron chi connectivity index (χ2n) is 5.47. The number of amides is 1. The summed E-state index contributed by atoms with van der Waals surface area (Å²) < 4.78 is 5.82. The van der Waals surface area contributed by atoms with Crippen LogP contribution in [-0.4, -0.2) is 34.3 Å².